The van der Waals surface area contributed by atoms with Gasteiger partial charge in [0.1, 0.15) is 0 Å². The van der Waals surface area contributed by atoms with Crippen LogP contribution < -0.4 is 5.32 Å². The van der Waals surface area contributed by atoms with Gasteiger partial charge in [-0.3, -0.25) is 0 Å². The van der Waals surface area contributed by atoms with Crippen LogP contribution in [0.5, 0.6) is 0 Å². The minimum atomic E-state index is -0.0907. The average Bonchev–Trinajstić information content (AvgIpc) is 3.13. The monoisotopic (exact) mass is 373 g/mol. The number of nitrogens with one attached hydrogen (secondary N) is 1. The number of amides is 2. The number of urea groups is 1. The Morgan fingerprint density at radius 2 is 1.86 bits per heavy atom. The van der Waals surface area contributed by atoms with Gasteiger partial charge in [0, 0.05) is 31.5 Å². The molecule has 0 saturated carbocycles. The van der Waals surface area contributed by atoms with Crippen LogP contribution in [0.25, 0.3) is 0 Å². The van der Waals surface area contributed by atoms with E-state index in [1.54, 1.807) is 11.0 Å². The quantitative estimate of drug-likeness (QED) is 0.569. The lowest BCUT2D eigenvalue weighted by molar-refractivity contribution is 0.199. The van der Waals surface area contributed by atoms with Crippen LogP contribution in [-0.2, 0) is 19.6 Å². The molecule has 0 saturated heterocycles. The lowest BCUT2D eigenvalue weighted by atomic mass is 10.1. The van der Waals surface area contributed by atoms with Crippen LogP contribution in [0.2, 0.25) is 0 Å². The van der Waals surface area contributed by atoms with E-state index in [0.29, 0.717) is 19.6 Å². The Morgan fingerprint density at radius 1 is 1.07 bits per heavy atom. The van der Waals surface area contributed by atoms with Gasteiger partial charge in [-0.05, 0) is 30.2 Å². The molecule has 3 aromatic rings. The van der Waals surface area contributed by atoms with Crippen LogP contribution in [0.1, 0.15) is 22.4 Å². The summed E-state index contributed by atoms with van der Waals surface area (Å²) in [5.74, 6) is 0. The van der Waals surface area contributed by atoms with Crippen LogP contribution in [0.15, 0.2) is 85.6 Å². The summed E-state index contributed by atoms with van der Waals surface area (Å²) in [5, 5.41) is 3.00. The summed E-state index contributed by atoms with van der Waals surface area (Å²) in [7, 11) is 0. The number of aryl methyl sites for hydroxylation is 1. The lowest BCUT2D eigenvalue weighted by Crippen LogP contribution is -2.39. The molecule has 2 aromatic carbocycles. The Morgan fingerprint density at radius 3 is 2.61 bits per heavy atom. The topological polar surface area (TPSA) is 37.3 Å². The maximum absolute atomic E-state index is 12.7. The first-order valence-electron chi connectivity index (χ1n) is 9.53. The fourth-order valence-corrected chi connectivity index (χ4v) is 3.21. The second-order valence-electron chi connectivity index (χ2n) is 6.93. The second-order valence-corrected chi connectivity index (χ2v) is 6.93. The minimum absolute atomic E-state index is 0.0907. The largest absolute Gasteiger partial charge is 0.345 e. The van der Waals surface area contributed by atoms with E-state index in [1.165, 1.54) is 11.1 Å². The standard InChI is InChI=1S/C24H27N3O/c1-3-14-27(24(28)25-17-21-10-5-4-6-11-21)19-23-13-8-15-26(23)18-22-12-7-9-20(2)16-22/h3-13,15-16H,1,14,17-19H2,2H3,(H,25,28). The average molecular weight is 374 g/mol. The van der Waals surface area contributed by atoms with Crippen molar-refractivity contribution in [3.63, 3.8) is 0 Å². The molecule has 1 N–H and O–H groups in total. The number of aromatic nitrogens is 1. The van der Waals surface area contributed by atoms with Crippen LogP contribution >= 0.6 is 0 Å². The van der Waals surface area contributed by atoms with E-state index < -0.39 is 0 Å². The third-order valence-electron chi connectivity index (χ3n) is 4.64. The molecule has 2 amide bonds. The molecule has 0 spiro atoms. The van der Waals surface area contributed by atoms with Crippen LogP contribution in [0, 0.1) is 6.92 Å². The van der Waals surface area contributed by atoms with Crippen molar-refractivity contribution in [1.82, 2.24) is 14.8 Å². The van der Waals surface area contributed by atoms with E-state index in [0.717, 1.165) is 17.8 Å². The van der Waals surface area contributed by atoms with E-state index >= 15 is 0 Å². The Bertz CT molecular complexity index is 914. The third-order valence-corrected chi connectivity index (χ3v) is 4.64. The van der Waals surface area contributed by atoms with Gasteiger partial charge >= 0.3 is 6.03 Å². The molecule has 0 radical (unpaired) electrons. The third kappa shape index (κ3) is 5.36. The maximum Gasteiger partial charge on any atom is 0.318 e. The van der Waals surface area contributed by atoms with E-state index in [1.807, 2.05) is 36.4 Å². The molecule has 0 aliphatic heterocycles. The van der Waals surface area contributed by atoms with Gasteiger partial charge in [-0.1, -0.05) is 66.2 Å². The smallest absolute Gasteiger partial charge is 0.318 e. The SMILES string of the molecule is C=CCN(Cc1cccn1Cc1cccc(C)c1)C(=O)NCc1ccccc1. The van der Waals surface area contributed by atoms with Gasteiger partial charge in [0.2, 0.25) is 0 Å². The molecule has 0 aliphatic carbocycles. The van der Waals surface area contributed by atoms with Crippen molar-refractivity contribution in [2.75, 3.05) is 6.54 Å². The molecular formula is C24H27N3O. The van der Waals surface area contributed by atoms with Crippen molar-refractivity contribution in [1.29, 1.82) is 0 Å². The number of rotatable bonds is 8. The molecular weight excluding hydrogens is 346 g/mol. The van der Waals surface area contributed by atoms with Gasteiger partial charge in [0.25, 0.3) is 0 Å². The number of hydrogen-bond acceptors (Lipinski definition) is 1. The normalized spacial score (nSPS) is 10.5. The summed E-state index contributed by atoms with van der Waals surface area (Å²) in [6.45, 7) is 8.23. The van der Waals surface area contributed by atoms with E-state index in [4.69, 9.17) is 0 Å². The predicted octanol–water partition coefficient (Wildman–Crippen LogP) is 4.74. The molecule has 1 aromatic heterocycles. The predicted molar refractivity (Wildman–Crippen MR) is 114 cm³/mol. The Kier molecular flexibility index (Phi) is 6.68. The molecule has 0 bridgehead atoms. The molecule has 4 heteroatoms. The summed E-state index contributed by atoms with van der Waals surface area (Å²) < 4.78 is 2.19. The first-order valence-corrected chi connectivity index (χ1v) is 9.53. The molecule has 28 heavy (non-hydrogen) atoms. The van der Waals surface area contributed by atoms with Crippen LogP contribution in [0.4, 0.5) is 4.79 Å². The molecule has 144 valence electrons. The molecule has 1 heterocycles. The number of hydrogen-bond donors (Lipinski definition) is 1. The second kappa shape index (κ2) is 9.60. The first kappa shape index (κ1) is 19.5. The number of carbonyl (C=O) groups excluding carboxylic acids is 1. The van der Waals surface area contributed by atoms with Gasteiger partial charge in [-0.15, -0.1) is 6.58 Å². The van der Waals surface area contributed by atoms with Gasteiger partial charge in [0.15, 0.2) is 0 Å². The lowest BCUT2D eigenvalue weighted by Gasteiger charge is -2.23. The fourth-order valence-electron chi connectivity index (χ4n) is 3.21. The molecule has 3 rings (SSSR count). The van der Waals surface area contributed by atoms with Crippen molar-refractivity contribution in [2.24, 2.45) is 0 Å². The van der Waals surface area contributed by atoms with Crippen molar-refractivity contribution < 1.29 is 4.79 Å². The summed E-state index contributed by atoms with van der Waals surface area (Å²) in [6.07, 6.45) is 3.82. The minimum Gasteiger partial charge on any atom is -0.345 e. The highest BCUT2D eigenvalue weighted by Gasteiger charge is 2.14. The van der Waals surface area contributed by atoms with E-state index in [9.17, 15) is 4.79 Å². The highest BCUT2D eigenvalue weighted by atomic mass is 16.2. The van der Waals surface area contributed by atoms with Gasteiger partial charge in [0.05, 0.1) is 6.54 Å². The fraction of sp³-hybridized carbons (Fsp3) is 0.208. The van der Waals surface area contributed by atoms with Gasteiger partial charge in [-0.2, -0.15) is 0 Å². The summed E-state index contributed by atoms with van der Waals surface area (Å²) >= 11 is 0. The molecule has 0 unspecified atom stereocenters. The summed E-state index contributed by atoms with van der Waals surface area (Å²) in [5.41, 5.74) is 4.68. The molecule has 0 aliphatic rings. The molecule has 0 atom stereocenters. The Balaban J connectivity index is 1.66. The van der Waals surface area contributed by atoms with Crippen LogP contribution in [0.3, 0.4) is 0 Å². The van der Waals surface area contributed by atoms with Crippen molar-refractivity contribution in [3.8, 4) is 0 Å². The first-order chi connectivity index (χ1) is 13.7. The number of nitrogens with zero attached hydrogens (tertiary/aromatic N) is 2. The van der Waals surface area contributed by atoms with Crippen molar-refractivity contribution in [2.45, 2.75) is 26.6 Å². The zero-order valence-corrected chi connectivity index (χ0v) is 16.3. The van der Waals surface area contributed by atoms with Crippen molar-refractivity contribution >= 4 is 6.03 Å². The number of carbonyl (C=O) groups is 1. The highest BCUT2D eigenvalue weighted by Crippen LogP contribution is 2.12. The maximum atomic E-state index is 12.7. The summed E-state index contributed by atoms with van der Waals surface area (Å²) in [6, 6.07) is 22.4. The summed E-state index contributed by atoms with van der Waals surface area (Å²) in [4.78, 5) is 14.5. The van der Waals surface area contributed by atoms with Crippen molar-refractivity contribution in [3.05, 3.63) is 108 Å². The number of benzene rings is 2. The van der Waals surface area contributed by atoms with Gasteiger partial charge < -0.3 is 14.8 Å². The van der Waals surface area contributed by atoms with Gasteiger partial charge in [-0.25, -0.2) is 4.79 Å². The van der Waals surface area contributed by atoms with E-state index in [2.05, 4.69) is 59.9 Å². The Labute approximate surface area is 167 Å². The molecule has 4 nitrogen and oxygen atoms in total. The van der Waals surface area contributed by atoms with E-state index in [-0.39, 0.29) is 6.03 Å². The Hall–Kier alpha value is -3.27. The highest BCUT2D eigenvalue weighted by molar-refractivity contribution is 5.74. The van der Waals surface area contributed by atoms with Crippen LogP contribution in [-0.4, -0.2) is 22.0 Å². The zero-order chi connectivity index (χ0) is 19.8. The molecule has 0 fully saturated rings. The zero-order valence-electron chi connectivity index (χ0n) is 16.3.